The van der Waals surface area contributed by atoms with Crippen LogP contribution in [0.4, 0.5) is 13.2 Å². The maximum Gasteiger partial charge on any atom is 0.407 e. The van der Waals surface area contributed by atoms with Gasteiger partial charge < -0.3 is 9.47 Å². The van der Waals surface area contributed by atoms with Crippen molar-refractivity contribution in [1.29, 1.82) is 5.26 Å². The number of hydrogen-bond acceptors (Lipinski definition) is 3. The predicted molar refractivity (Wildman–Crippen MR) is 58.3 cm³/mol. The average Bonchev–Trinajstić information content (AvgIpc) is 2.30. The second kappa shape index (κ2) is 6.15. The Hall–Kier alpha value is -1.90. The molecular weight excluding hydrogens is 247 g/mol. The summed E-state index contributed by atoms with van der Waals surface area (Å²) >= 11 is 0. The molecule has 0 heterocycles. The van der Waals surface area contributed by atoms with Gasteiger partial charge in [-0.2, -0.15) is 18.4 Å². The highest BCUT2D eigenvalue weighted by Gasteiger charge is 2.40. The molecule has 1 atom stereocenters. The Bertz CT molecular complexity index is 409. The third kappa shape index (κ3) is 4.17. The van der Waals surface area contributed by atoms with E-state index in [1.165, 1.54) is 18.2 Å². The van der Waals surface area contributed by atoms with E-state index in [0.717, 1.165) is 0 Å². The Morgan fingerprint density at radius 1 is 1.17 bits per heavy atom. The number of benzene rings is 1. The predicted octanol–water partition coefficient (Wildman–Crippen LogP) is 3.17. The molecule has 0 saturated heterocycles. The van der Waals surface area contributed by atoms with Crippen molar-refractivity contribution in [2.24, 2.45) is 5.92 Å². The van der Waals surface area contributed by atoms with Gasteiger partial charge in [-0.1, -0.05) is 0 Å². The largest absolute Gasteiger partial charge is 0.494 e. The van der Waals surface area contributed by atoms with Crippen LogP contribution in [0.2, 0.25) is 0 Å². The van der Waals surface area contributed by atoms with Gasteiger partial charge in [-0.15, -0.1) is 0 Å². The van der Waals surface area contributed by atoms with Crippen LogP contribution in [0.1, 0.15) is 6.92 Å². The van der Waals surface area contributed by atoms with E-state index >= 15 is 0 Å². The molecule has 18 heavy (non-hydrogen) atoms. The molecule has 98 valence electrons. The first kappa shape index (κ1) is 14.2. The lowest BCUT2D eigenvalue weighted by Gasteiger charge is -2.14. The smallest absolute Gasteiger partial charge is 0.407 e. The summed E-state index contributed by atoms with van der Waals surface area (Å²) in [4.78, 5) is 0. The molecule has 6 heteroatoms. The summed E-state index contributed by atoms with van der Waals surface area (Å²) in [6, 6.07) is 7.34. The lowest BCUT2D eigenvalue weighted by Crippen LogP contribution is -2.27. The van der Waals surface area contributed by atoms with Gasteiger partial charge in [0.1, 0.15) is 18.1 Å². The van der Waals surface area contributed by atoms with Crippen molar-refractivity contribution in [3.8, 4) is 17.6 Å². The van der Waals surface area contributed by atoms with E-state index in [-0.39, 0.29) is 5.75 Å². The molecule has 0 N–H and O–H groups in total. The summed E-state index contributed by atoms with van der Waals surface area (Å²) in [6.45, 7) is 1.62. The van der Waals surface area contributed by atoms with Crippen molar-refractivity contribution in [3.63, 3.8) is 0 Å². The van der Waals surface area contributed by atoms with Crippen LogP contribution in [0.25, 0.3) is 0 Å². The third-order valence-corrected chi connectivity index (χ3v) is 2.10. The second-order valence-corrected chi connectivity index (χ2v) is 3.44. The zero-order chi connectivity index (χ0) is 13.6. The molecule has 0 radical (unpaired) electrons. The van der Waals surface area contributed by atoms with Gasteiger partial charge in [0.05, 0.1) is 12.7 Å². The van der Waals surface area contributed by atoms with Crippen molar-refractivity contribution >= 4 is 0 Å². The van der Waals surface area contributed by atoms with Gasteiger partial charge in [0.25, 0.3) is 0 Å². The highest BCUT2D eigenvalue weighted by molar-refractivity contribution is 5.31. The zero-order valence-corrected chi connectivity index (χ0v) is 9.70. The first-order valence-corrected chi connectivity index (χ1v) is 5.29. The zero-order valence-electron chi connectivity index (χ0n) is 9.70. The van der Waals surface area contributed by atoms with E-state index < -0.39 is 18.7 Å². The minimum Gasteiger partial charge on any atom is -0.494 e. The van der Waals surface area contributed by atoms with Crippen LogP contribution in [0.3, 0.4) is 0 Å². The maximum atomic E-state index is 12.3. The lowest BCUT2D eigenvalue weighted by molar-refractivity contribution is -0.165. The maximum absolute atomic E-state index is 12.3. The molecule has 1 rings (SSSR count). The van der Waals surface area contributed by atoms with Gasteiger partial charge in [0.2, 0.25) is 0 Å². The molecule has 1 aromatic carbocycles. The molecule has 0 fully saturated rings. The Labute approximate surface area is 103 Å². The topological polar surface area (TPSA) is 42.2 Å². The molecule has 0 saturated carbocycles. The number of halogens is 3. The minimum absolute atomic E-state index is 0.267. The first-order chi connectivity index (χ1) is 8.47. The summed E-state index contributed by atoms with van der Waals surface area (Å²) in [5, 5.41) is 8.38. The minimum atomic E-state index is -4.57. The number of hydrogen-bond donors (Lipinski definition) is 0. The van der Waals surface area contributed by atoms with Crippen LogP contribution in [0.15, 0.2) is 24.3 Å². The number of ether oxygens (including phenoxy) is 2. The fraction of sp³-hybridized carbons (Fsp3) is 0.417. The standard InChI is InChI=1S/C12H12F3NO2/c1-2-17-10-3-5-11(6-4-10)18-8-9(7-16)12(13,14)15/h3-6,9H,2,8H2,1H3. The molecule has 1 unspecified atom stereocenters. The third-order valence-electron chi connectivity index (χ3n) is 2.10. The molecule has 0 amide bonds. The fourth-order valence-electron chi connectivity index (χ4n) is 1.18. The van der Waals surface area contributed by atoms with Crippen molar-refractivity contribution in [1.82, 2.24) is 0 Å². The second-order valence-electron chi connectivity index (χ2n) is 3.44. The molecule has 0 aliphatic carbocycles. The van der Waals surface area contributed by atoms with Crippen LogP contribution in [0.5, 0.6) is 11.5 Å². The molecule has 0 bridgehead atoms. The van der Waals surface area contributed by atoms with Gasteiger partial charge >= 0.3 is 6.18 Å². The highest BCUT2D eigenvalue weighted by Crippen LogP contribution is 2.26. The number of rotatable bonds is 5. The first-order valence-electron chi connectivity index (χ1n) is 5.29. The summed E-state index contributed by atoms with van der Waals surface area (Å²) in [5.41, 5.74) is 0. The van der Waals surface area contributed by atoms with Crippen LogP contribution in [-0.2, 0) is 0 Å². The van der Waals surface area contributed by atoms with Gasteiger partial charge in [-0.25, -0.2) is 0 Å². The van der Waals surface area contributed by atoms with Crippen LogP contribution in [-0.4, -0.2) is 19.4 Å². The van der Waals surface area contributed by atoms with Crippen molar-refractivity contribution in [2.45, 2.75) is 13.1 Å². The monoisotopic (exact) mass is 259 g/mol. The number of nitriles is 1. The van der Waals surface area contributed by atoms with Gasteiger partial charge in [0, 0.05) is 0 Å². The molecule has 0 aromatic heterocycles. The summed E-state index contributed by atoms with van der Waals surface area (Å²) in [7, 11) is 0. The van der Waals surface area contributed by atoms with Gasteiger partial charge in [-0.3, -0.25) is 0 Å². The summed E-state index contributed by atoms with van der Waals surface area (Å²) < 4.78 is 46.9. The summed E-state index contributed by atoms with van der Waals surface area (Å²) in [6.07, 6.45) is -4.57. The van der Waals surface area contributed by atoms with E-state index in [1.54, 1.807) is 12.1 Å². The van der Waals surface area contributed by atoms with Crippen LogP contribution < -0.4 is 9.47 Å². The Morgan fingerprint density at radius 2 is 1.67 bits per heavy atom. The normalized spacial score (nSPS) is 12.6. The number of alkyl halides is 3. The molecule has 1 aromatic rings. The molecule has 0 spiro atoms. The Morgan fingerprint density at radius 3 is 2.06 bits per heavy atom. The van der Waals surface area contributed by atoms with Gasteiger partial charge in [-0.05, 0) is 31.2 Å². The Kier molecular flexibility index (Phi) is 4.84. The van der Waals surface area contributed by atoms with Crippen molar-refractivity contribution in [2.75, 3.05) is 13.2 Å². The van der Waals surface area contributed by atoms with Gasteiger partial charge in [0.15, 0.2) is 5.92 Å². The van der Waals surface area contributed by atoms with E-state index in [4.69, 9.17) is 14.7 Å². The van der Waals surface area contributed by atoms with E-state index in [9.17, 15) is 13.2 Å². The molecule has 0 aliphatic heterocycles. The fourth-order valence-corrected chi connectivity index (χ4v) is 1.18. The highest BCUT2D eigenvalue weighted by atomic mass is 19.4. The van der Waals surface area contributed by atoms with Crippen molar-refractivity contribution < 1.29 is 22.6 Å². The Balaban J connectivity index is 2.56. The number of nitrogens with zero attached hydrogens (tertiary/aromatic N) is 1. The molecule has 0 aliphatic rings. The lowest BCUT2D eigenvalue weighted by atomic mass is 10.2. The van der Waals surface area contributed by atoms with E-state index in [0.29, 0.717) is 12.4 Å². The van der Waals surface area contributed by atoms with E-state index in [2.05, 4.69) is 0 Å². The van der Waals surface area contributed by atoms with Crippen molar-refractivity contribution in [3.05, 3.63) is 24.3 Å². The SMILES string of the molecule is CCOc1ccc(OCC(C#N)C(F)(F)F)cc1. The van der Waals surface area contributed by atoms with Crippen LogP contribution >= 0.6 is 0 Å². The molecule has 3 nitrogen and oxygen atoms in total. The average molecular weight is 259 g/mol. The summed E-state index contributed by atoms with van der Waals surface area (Å²) in [5.74, 6) is -1.25. The molecular formula is C12H12F3NO2. The quantitative estimate of drug-likeness (QED) is 0.815. The van der Waals surface area contributed by atoms with E-state index in [1.807, 2.05) is 6.92 Å². The van der Waals surface area contributed by atoms with Crippen LogP contribution in [0, 0.1) is 17.2 Å².